The van der Waals surface area contributed by atoms with Crippen LogP contribution in [0.4, 0.5) is 0 Å². The summed E-state index contributed by atoms with van der Waals surface area (Å²) < 4.78 is 0. The van der Waals surface area contributed by atoms with Gasteiger partial charge in [0, 0.05) is 57.1 Å². The Balaban J connectivity index is 1.72. The molecule has 0 spiro atoms. The predicted octanol–water partition coefficient (Wildman–Crippen LogP) is 0.940. The van der Waals surface area contributed by atoms with Crippen LogP contribution in [-0.4, -0.2) is 84.3 Å². The van der Waals surface area contributed by atoms with E-state index in [1.807, 2.05) is 30.6 Å². The molecule has 2 saturated heterocycles. The van der Waals surface area contributed by atoms with E-state index < -0.39 is 0 Å². The summed E-state index contributed by atoms with van der Waals surface area (Å²) in [5, 5.41) is 2.99. The number of rotatable bonds is 6. The van der Waals surface area contributed by atoms with Crippen molar-refractivity contribution in [3.8, 4) is 0 Å². The van der Waals surface area contributed by atoms with Gasteiger partial charge < -0.3 is 15.1 Å². The topological polar surface area (TPSA) is 73.0 Å². The molecular formula is C20H36N4O3. The second kappa shape index (κ2) is 10.1. The molecule has 1 N–H and O–H groups in total. The predicted molar refractivity (Wildman–Crippen MR) is 105 cm³/mol. The third-order valence-electron chi connectivity index (χ3n) is 5.72. The van der Waals surface area contributed by atoms with Crippen LogP contribution < -0.4 is 5.32 Å². The van der Waals surface area contributed by atoms with Crippen molar-refractivity contribution in [1.82, 2.24) is 20.0 Å². The Morgan fingerprint density at radius 1 is 0.926 bits per heavy atom. The Bertz CT molecular complexity index is 521. The smallest absolute Gasteiger partial charge is 0.234 e. The van der Waals surface area contributed by atoms with Crippen molar-refractivity contribution in [3.63, 3.8) is 0 Å². The minimum Gasteiger partial charge on any atom is -0.353 e. The van der Waals surface area contributed by atoms with Gasteiger partial charge in [0.15, 0.2) is 0 Å². The van der Waals surface area contributed by atoms with Crippen molar-refractivity contribution in [2.45, 2.75) is 53.0 Å². The highest BCUT2D eigenvalue weighted by atomic mass is 16.2. The van der Waals surface area contributed by atoms with Crippen molar-refractivity contribution in [1.29, 1.82) is 0 Å². The van der Waals surface area contributed by atoms with Crippen LogP contribution >= 0.6 is 0 Å². The van der Waals surface area contributed by atoms with Crippen LogP contribution in [0.2, 0.25) is 0 Å². The van der Waals surface area contributed by atoms with Crippen molar-refractivity contribution >= 4 is 17.7 Å². The standard InChI is InChI=1S/C20H36N4O3/c1-5-16(4)21-18(25)14-22-10-12-24(13-11-22)20(27)17-6-8-23(9-7-17)19(26)15(2)3/h15-17H,5-14H2,1-4H3,(H,21,25). The number of likely N-dealkylation sites (tertiary alicyclic amines) is 1. The highest BCUT2D eigenvalue weighted by molar-refractivity contribution is 5.81. The zero-order valence-electron chi connectivity index (χ0n) is 17.4. The molecule has 1 atom stereocenters. The quantitative estimate of drug-likeness (QED) is 0.744. The van der Waals surface area contributed by atoms with Crippen LogP contribution in [0.25, 0.3) is 0 Å². The third kappa shape index (κ3) is 6.19. The molecule has 3 amide bonds. The minimum atomic E-state index is 0.0165. The molecule has 0 aromatic carbocycles. The van der Waals surface area contributed by atoms with E-state index in [2.05, 4.69) is 17.1 Å². The Kier molecular flexibility index (Phi) is 8.07. The Morgan fingerprint density at radius 3 is 2.04 bits per heavy atom. The van der Waals surface area contributed by atoms with E-state index in [0.717, 1.165) is 32.4 Å². The number of nitrogens with one attached hydrogen (secondary N) is 1. The monoisotopic (exact) mass is 380 g/mol. The molecule has 2 fully saturated rings. The van der Waals surface area contributed by atoms with Gasteiger partial charge in [0.2, 0.25) is 17.7 Å². The average molecular weight is 381 g/mol. The molecular weight excluding hydrogens is 344 g/mol. The van der Waals surface area contributed by atoms with Crippen molar-refractivity contribution in [2.75, 3.05) is 45.8 Å². The number of carbonyl (C=O) groups is 3. The summed E-state index contributed by atoms with van der Waals surface area (Å²) in [6.45, 7) is 12.5. The lowest BCUT2D eigenvalue weighted by Gasteiger charge is -2.38. The van der Waals surface area contributed by atoms with Gasteiger partial charge >= 0.3 is 0 Å². The second-order valence-corrected chi connectivity index (χ2v) is 8.23. The van der Waals surface area contributed by atoms with Gasteiger partial charge in [0.25, 0.3) is 0 Å². The van der Waals surface area contributed by atoms with Crippen LogP contribution in [-0.2, 0) is 14.4 Å². The van der Waals surface area contributed by atoms with E-state index >= 15 is 0 Å². The van der Waals surface area contributed by atoms with E-state index in [4.69, 9.17) is 0 Å². The summed E-state index contributed by atoms with van der Waals surface area (Å²) in [7, 11) is 0. The van der Waals surface area contributed by atoms with Gasteiger partial charge in [0.1, 0.15) is 0 Å². The molecule has 2 aliphatic heterocycles. The van der Waals surface area contributed by atoms with Crippen LogP contribution in [0, 0.1) is 11.8 Å². The summed E-state index contributed by atoms with van der Waals surface area (Å²) in [6, 6.07) is 0.203. The van der Waals surface area contributed by atoms with Crippen LogP contribution in [0.5, 0.6) is 0 Å². The minimum absolute atomic E-state index is 0.0165. The Hall–Kier alpha value is -1.63. The third-order valence-corrected chi connectivity index (χ3v) is 5.72. The van der Waals surface area contributed by atoms with E-state index in [0.29, 0.717) is 32.7 Å². The molecule has 0 saturated carbocycles. The average Bonchev–Trinajstić information content (AvgIpc) is 2.67. The van der Waals surface area contributed by atoms with Gasteiger partial charge in [-0.05, 0) is 26.2 Å². The number of nitrogens with zero attached hydrogens (tertiary/aromatic N) is 3. The summed E-state index contributed by atoms with van der Waals surface area (Å²) in [5.74, 6) is 0.510. The summed E-state index contributed by atoms with van der Waals surface area (Å²) in [5.41, 5.74) is 0. The summed E-state index contributed by atoms with van der Waals surface area (Å²) >= 11 is 0. The van der Waals surface area contributed by atoms with Gasteiger partial charge in [-0.1, -0.05) is 20.8 Å². The highest BCUT2D eigenvalue weighted by Crippen LogP contribution is 2.21. The molecule has 7 nitrogen and oxygen atoms in total. The van der Waals surface area contributed by atoms with E-state index in [1.165, 1.54) is 0 Å². The van der Waals surface area contributed by atoms with Crippen molar-refractivity contribution in [2.24, 2.45) is 11.8 Å². The molecule has 0 aromatic rings. The van der Waals surface area contributed by atoms with Crippen molar-refractivity contribution < 1.29 is 14.4 Å². The first-order valence-corrected chi connectivity index (χ1v) is 10.4. The zero-order valence-corrected chi connectivity index (χ0v) is 17.4. The second-order valence-electron chi connectivity index (χ2n) is 8.23. The maximum absolute atomic E-state index is 12.8. The van der Waals surface area contributed by atoms with E-state index in [-0.39, 0.29) is 35.6 Å². The first kappa shape index (κ1) is 21.7. The largest absolute Gasteiger partial charge is 0.353 e. The summed E-state index contributed by atoms with van der Waals surface area (Å²) in [4.78, 5) is 42.8. The molecule has 2 heterocycles. The number of hydrogen-bond acceptors (Lipinski definition) is 4. The first-order chi connectivity index (χ1) is 12.8. The lowest BCUT2D eigenvalue weighted by molar-refractivity contribution is -0.143. The van der Waals surface area contributed by atoms with Gasteiger partial charge in [-0.15, -0.1) is 0 Å². The Labute approximate surface area is 163 Å². The number of carbonyl (C=O) groups excluding carboxylic acids is 3. The van der Waals surface area contributed by atoms with Gasteiger partial charge in [0.05, 0.1) is 6.54 Å². The highest BCUT2D eigenvalue weighted by Gasteiger charge is 2.32. The van der Waals surface area contributed by atoms with Gasteiger partial charge in [-0.2, -0.15) is 0 Å². The maximum Gasteiger partial charge on any atom is 0.234 e. The van der Waals surface area contributed by atoms with Crippen LogP contribution in [0.15, 0.2) is 0 Å². The Morgan fingerprint density at radius 2 is 1.52 bits per heavy atom. The molecule has 0 aliphatic carbocycles. The molecule has 1 unspecified atom stereocenters. The lowest BCUT2D eigenvalue weighted by atomic mass is 9.94. The number of piperazine rings is 1. The van der Waals surface area contributed by atoms with E-state index in [1.54, 1.807) is 0 Å². The fourth-order valence-electron chi connectivity index (χ4n) is 3.72. The zero-order chi connectivity index (χ0) is 20.0. The van der Waals surface area contributed by atoms with Crippen LogP contribution in [0.1, 0.15) is 47.0 Å². The molecule has 2 aliphatic rings. The fraction of sp³-hybridized carbons (Fsp3) is 0.850. The normalized spacial score (nSPS) is 20.6. The van der Waals surface area contributed by atoms with Crippen molar-refractivity contribution in [3.05, 3.63) is 0 Å². The first-order valence-electron chi connectivity index (χ1n) is 10.4. The molecule has 7 heteroatoms. The SMILES string of the molecule is CCC(C)NC(=O)CN1CCN(C(=O)C2CCN(C(=O)C(C)C)CC2)CC1. The molecule has 0 aromatic heterocycles. The lowest BCUT2D eigenvalue weighted by Crippen LogP contribution is -2.53. The molecule has 154 valence electrons. The molecule has 0 radical (unpaired) electrons. The molecule has 0 bridgehead atoms. The number of hydrogen-bond donors (Lipinski definition) is 1. The van der Waals surface area contributed by atoms with Gasteiger partial charge in [-0.3, -0.25) is 19.3 Å². The number of piperidine rings is 1. The molecule has 27 heavy (non-hydrogen) atoms. The summed E-state index contributed by atoms with van der Waals surface area (Å²) in [6.07, 6.45) is 2.44. The number of amides is 3. The molecule has 2 rings (SSSR count). The maximum atomic E-state index is 12.8. The van der Waals surface area contributed by atoms with E-state index in [9.17, 15) is 14.4 Å². The van der Waals surface area contributed by atoms with Crippen LogP contribution in [0.3, 0.4) is 0 Å². The van der Waals surface area contributed by atoms with Gasteiger partial charge in [-0.25, -0.2) is 0 Å². The fourth-order valence-corrected chi connectivity index (χ4v) is 3.72.